The number of rotatable bonds is 6. The summed E-state index contributed by atoms with van der Waals surface area (Å²) >= 11 is 0. The fourth-order valence-electron chi connectivity index (χ4n) is 3.36. The average Bonchev–Trinajstić information content (AvgIpc) is 3.25. The van der Waals surface area contributed by atoms with Crippen LogP contribution in [0.1, 0.15) is 29.4 Å². The molecule has 0 aliphatic carbocycles. The van der Waals surface area contributed by atoms with E-state index >= 15 is 0 Å². The summed E-state index contributed by atoms with van der Waals surface area (Å²) in [6.07, 6.45) is -0.0333. The lowest BCUT2D eigenvalue weighted by atomic mass is 10.1. The Hall–Kier alpha value is -3.85. The molecule has 2 heterocycles. The number of para-hydroxylation sites is 1. The fourth-order valence-corrected chi connectivity index (χ4v) is 3.36. The zero-order valence-electron chi connectivity index (χ0n) is 16.1. The maximum Gasteiger partial charge on any atom is 0.431 e. The number of Topliss-reactive ketones (excluding diaryl/α,β-unsaturated/α-hetero) is 1. The summed E-state index contributed by atoms with van der Waals surface area (Å²) in [5.74, 6) is -0.871. The summed E-state index contributed by atoms with van der Waals surface area (Å²) in [7, 11) is 0. The Kier molecular flexibility index (Phi) is 5.11. The lowest BCUT2D eigenvalue weighted by Crippen LogP contribution is -2.44. The smallest absolute Gasteiger partial charge is 0.296 e. The molecule has 3 aromatic rings. The first kappa shape index (κ1) is 19.5. The number of hydrogen-bond donors (Lipinski definition) is 2. The van der Waals surface area contributed by atoms with Crippen molar-refractivity contribution in [2.45, 2.75) is 25.9 Å². The van der Waals surface area contributed by atoms with Crippen molar-refractivity contribution < 1.29 is 23.6 Å². The molecule has 1 fully saturated rings. The minimum atomic E-state index is -0.775. The van der Waals surface area contributed by atoms with Crippen LogP contribution in [-0.4, -0.2) is 28.9 Å². The zero-order valence-corrected chi connectivity index (χ0v) is 16.1. The molecule has 4 rings (SSSR count). The third kappa shape index (κ3) is 3.58. The van der Waals surface area contributed by atoms with Crippen LogP contribution in [0.15, 0.2) is 63.9 Å². The number of aromatic amines is 1. The van der Waals surface area contributed by atoms with E-state index in [2.05, 4.69) is 10.6 Å². The summed E-state index contributed by atoms with van der Waals surface area (Å²) in [6.45, 7) is 1.47. The molecule has 1 aliphatic rings. The van der Waals surface area contributed by atoms with E-state index in [1.54, 1.807) is 36.4 Å². The van der Waals surface area contributed by atoms with Gasteiger partial charge in [0, 0.05) is 17.7 Å². The number of benzene rings is 2. The highest BCUT2D eigenvalue weighted by Gasteiger charge is 2.40. The van der Waals surface area contributed by atoms with Crippen LogP contribution >= 0.6 is 0 Å². The molecular formula is C21H19N4O5+. The number of nitrogens with one attached hydrogen (secondary N) is 2. The maximum absolute atomic E-state index is 12.8. The molecule has 0 bridgehead atoms. The van der Waals surface area contributed by atoms with Gasteiger partial charge in [0.25, 0.3) is 5.91 Å². The second-order valence-corrected chi connectivity index (χ2v) is 6.91. The first-order valence-corrected chi connectivity index (χ1v) is 9.34. The summed E-state index contributed by atoms with van der Waals surface area (Å²) in [5, 5.41) is 5.51. The van der Waals surface area contributed by atoms with Gasteiger partial charge in [-0.05, 0) is 41.1 Å². The number of anilines is 1. The van der Waals surface area contributed by atoms with Gasteiger partial charge in [0.15, 0.2) is 5.78 Å². The molecule has 1 aromatic heterocycles. The van der Waals surface area contributed by atoms with E-state index in [1.165, 1.54) is 11.6 Å². The Morgan fingerprint density at radius 1 is 1.13 bits per heavy atom. The van der Waals surface area contributed by atoms with Gasteiger partial charge in [-0.25, -0.2) is 9.69 Å². The molecule has 2 aromatic carbocycles. The molecule has 2 amide bonds. The molecule has 30 heavy (non-hydrogen) atoms. The predicted molar refractivity (Wildman–Crippen MR) is 105 cm³/mol. The van der Waals surface area contributed by atoms with E-state index in [9.17, 15) is 19.2 Å². The van der Waals surface area contributed by atoms with Crippen molar-refractivity contribution in [1.29, 1.82) is 0 Å². The van der Waals surface area contributed by atoms with Gasteiger partial charge in [0.2, 0.25) is 11.6 Å². The summed E-state index contributed by atoms with van der Waals surface area (Å²) in [4.78, 5) is 49.8. The Bertz CT molecular complexity index is 1160. The molecule has 1 unspecified atom stereocenters. The molecule has 0 spiro atoms. The minimum absolute atomic E-state index is 0.0293. The minimum Gasteiger partial charge on any atom is -0.296 e. The van der Waals surface area contributed by atoms with Gasteiger partial charge >= 0.3 is 11.3 Å². The van der Waals surface area contributed by atoms with Crippen molar-refractivity contribution in [1.82, 2.24) is 10.6 Å². The Morgan fingerprint density at radius 3 is 2.50 bits per heavy atom. The quantitative estimate of drug-likeness (QED) is 0.356. The van der Waals surface area contributed by atoms with E-state index in [4.69, 9.17) is 4.52 Å². The number of carbonyl (C=O) groups is 3. The number of carbonyl (C=O) groups excluding carboxylic acids is 3. The zero-order chi connectivity index (χ0) is 21.3. The molecular weight excluding hydrogens is 388 g/mol. The first-order valence-electron chi connectivity index (χ1n) is 9.34. The van der Waals surface area contributed by atoms with Crippen molar-refractivity contribution in [2.24, 2.45) is 0 Å². The lowest BCUT2D eigenvalue weighted by molar-refractivity contribution is -0.677. The predicted octanol–water partition coefficient (Wildman–Crippen LogP) is 0.869. The molecule has 1 saturated heterocycles. The highest BCUT2D eigenvalue weighted by molar-refractivity contribution is 6.22. The van der Waals surface area contributed by atoms with E-state index in [0.29, 0.717) is 16.9 Å². The average molecular weight is 407 g/mol. The van der Waals surface area contributed by atoms with Crippen molar-refractivity contribution in [3.05, 3.63) is 76.3 Å². The third-order valence-electron chi connectivity index (χ3n) is 4.94. The van der Waals surface area contributed by atoms with Crippen LogP contribution in [0.5, 0.6) is 0 Å². The van der Waals surface area contributed by atoms with Gasteiger partial charge < -0.3 is 0 Å². The van der Waals surface area contributed by atoms with Crippen molar-refractivity contribution in [2.75, 3.05) is 4.90 Å². The van der Waals surface area contributed by atoms with Crippen LogP contribution in [0.3, 0.4) is 0 Å². The second kappa shape index (κ2) is 7.88. The third-order valence-corrected chi connectivity index (χ3v) is 4.94. The summed E-state index contributed by atoms with van der Waals surface area (Å²) < 4.78 is 6.37. The number of hydrogen-bond acceptors (Lipinski definition) is 6. The molecule has 1 aliphatic heterocycles. The van der Waals surface area contributed by atoms with E-state index in [-0.39, 0.29) is 30.3 Å². The van der Waals surface area contributed by atoms with Crippen LogP contribution in [0.4, 0.5) is 5.69 Å². The fraction of sp³-hybridized carbons (Fsp3) is 0.190. The van der Waals surface area contributed by atoms with Crippen molar-refractivity contribution in [3.63, 3.8) is 0 Å². The van der Waals surface area contributed by atoms with Crippen LogP contribution in [0, 0.1) is 0 Å². The van der Waals surface area contributed by atoms with E-state index in [1.807, 2.05) is 18.2 Å². The van der Waals surface area contributed by atoms with E-state index in [0.717, 1.165) is 4.90 Å². The largest absolute Gasteiger partial charge is 0.431 e. The lowest BCUT2D eigenvalue weighted by Gasteiger charge is -2.15. The summed E-state index contributed by atoms with van der Waals surface area (Å²) in [6, 6.07) is 14.6. The Balaban J connectivity index is 1.50. The number of imide groups is 1. The van der Waals surface area contributed by atoms with Gasteiger partial charge in [-0.15, -0.1) is 0 Å². The SMILES string of the molecule is CC(=O)c1ccc(N2C(=O)CC(NCc3c(=O)o[nH][n+]3-c3ccccc3)C2=O)cc1. The van der Waals surface area contributed by atoms with Gasteiger partial charge in [-0.2, -0.15) is 0 Å². The normalized spacial score (nSPS) is 16.3. The highest BCUT2D eigenvalue weighted by Crippen LogP contribution is 2.23. The number of nitrogens with zero attached hydrogens (tertiary/aromatic N) is 2. The van der Waals surface area contributed by atoms with Crippen LogP contribution < -0.4 is 20.5 Å². The number of amides is 2. The van der Waals surface area contributed by atoms with Crippen LogP contribution in [-0.2, 0) is 16.1 Å². The van der Waals surface area contributed by atoms with E-state index < -0.39 is 17.6 Å². The second-order valence-electron chi connectivity index (χ2n) is 6.91. The van der Waals surface area contributed by atoms with Crippen LogP contribution in [0.2, 0.25) is 0 Å². The number of ketones is 1. The van der Waals surface area contributed by atoms with Crippen molar-refractivity contribution >= 4 is 23.3 Å². The Morgan fingerprint density at radius 2 is 1.83 bits per heavy atom. The molecule has 0 saturated carbocycles. The van der Waals surface area contributed by atoms with Crippen LogP contribution in [0.25, 0.3) is 5.69 Å². The molecule has 9 nitrogen and oxygen atoms in total. The molecule has 9 heteroatoms. The maximum atomic E-state index is 12.8. The molecule has 1 atom stereocenters. The topological polar surface area (TPSA) is 116 Å². The summed E-state index contributed by atoms with van der Waals surface area (Å²) in [5.41, 5.74) is 1.30. The van der Waals surface area contributed by atoms with Crippen molar-refractivity contribution in [3.8, 4) is 5.69 Å². The van der Waals surface area contributed by atoms with Gasteiger partial charge in [0.1, 0.15) is 0 Å². The molecule has 0 radical (unpaired) electrons. The Labute approximate surface area is 170 Å². The first-order chi connectivity index (χ1) is 14.5. The monoisotopic (exact) mass is 407 g/mol. The number of H-pyrrole nitrogens is 1. The molecule has 2 N–H and O–H groups in total. The van der Waals surface area contributed by atoms with Gasteiger partial charge in [-0.3, -0.25) is 24.2 Å². The van der Waals surface area contributed by atoms with Gasteiger partial charge in [0.05, 0.1) is 24.7 Å². The number of aromatic nitrogens is 2. The standard InChI is InChI=1S/C21H18N4O5/c1-13(26)14-7-9-15(10-8-14)24-19(27)11-17(20(24)28)22-12-18-21(29)30-23-25(18)16-5-3-2-4-6-16/h2-10,17,22H,11-12H2,1H3/p+1. The van der Waals surface area contributed by atoms with Gasteiger partial charge in [-0.1, -0.05) is 18.2 Å². The highest BCUT2D eigenvalue weighted by atomic mass is 16.5. The molecule has 152 valence electrons.